The number of benzene rings is 2. The number of nitrogens with one attached hydrogen (secondary N) is 1. The van der Waals surface area contributed by atoms with Crippen molar-refractivity contribution in [3.63, 3.8) is 0 Å². The third-order valence-electron chi connectivity index (χ3n) is 3.27. The first-order valence-electron chi connectivity index (χ1n) is 6.33. The van der Waals surface area contributed by atoms with E-state index in [2.05, 4.69) is 5.43 Å². The molecule has 2 rings (SSSR count). The molecule has 5 N–H and O–H groups in total. The highest BCUT2D eigenvalue weighted by Gasteiger charge is 2.20. The van der Waals surface area contributed by atoms with Crippen LogP contribution in [0.5, 0.6) is 11.5 Å². The van der Waals surface area contributed by atoms with E-state index in [9.17, 15) is 0 Å². The van der Waals surface area contributed by atoms with Crippen molar-refractivity contribution < 1.29 is 9.47 Å². The van der Waals surface area contributed by atoms with Crippen molar-refractivity contribution in [2.24, 2.45) is 5.84 Å². The highest BCUT2D eigenvalue weighted by Crippen LogP contribution is 2.35. The summed E-state index contributed by atoms with van der Waals surface area (Å²) in [6.07, 6.45) is 0. The molecule has 0 saturated carbocycles. The molecule has 2 aromatic rings. The number of nitrogens with two attached hydrogens (primary N) is 2. The van der Waals surface area contributed by atoms with Gasteiger partial charge in [-0.3, -0.25) is 5.84 Å². The van der Waals surface area contributed by atoms with Crippen molar-refractivity contribution >= 4 is 17.3 Å². The first-order chi connectivity index (χ1) is 10.1. The lowest BCUT2D eigenvalue weighted by Gasteiger charge is -2.21. The lowest BCUT2D eigenvalue weighted by atomic mass is 9.96. The Morgan fingerprint density at radius 2 is 1.81 bits per heavy atom. The van der Waals surface area contributed by atoms with Crippen LogP contribution in [0.3, 0.4) is 0 Å². The molecule has 0 aliphatic carbocycles. The lowest BCUT2D eigenvalue weighted by Crippen LogP contribution is -2.29. The van der Waals surface area contributed by atoms with E-state index in [1.54, 1.807) is 26.4 Å². The molecule has 0 heterocycles. The Hall–Kier alpha value is -1.95. The summed E-state index contributed by atoms with van der Waals surface area (Å²) in [4.78, 5) is 0. The van der Waals surface area contributed by atoms with E-state index < -0.39 is 0 Å². The normalized spacial score (nSPS) is 12.0. The Bertz CT molecular complexity index is 634. The number of anilines is 1. The molecular formula is C15H18ClN3O2. The number of nitrogen functional groups attached to an aromatic ring is 1. The van der Waals surface area contributed by atoms with E-state index in [0.717, 1.165) is 11.1 Å². The maximum atomic E-state index is 6.05. The molecule has 0 aliphatic rings. The molecular weight excluding hydrogens is 290 g/mol. The second-order valence-electron chi connectivity index (χ2n) is 4.48. The molecule has 0 radical (unpaired) electrons. The fourth-order valence-corrected chi connectivity index (χ4v) is 2.40. The van der Waals surface area contributed by atoms with Crippen molar-refractivity contribution in [3.05, 3.63) is 52.5 Å². The van der Waals surface area contributed by atoms with Gasteiger partial charge in [0, 0.05) is 16.3 Å². The first-order valence-corrected chi connectivity index (χ1v) is 6.71. The monoisotopic (exact) mass is 307 g/mol. The average molecular weight is 308 g/mol. The molecule has 1 unspecified atom stereocenters. The molecule has 0 fully saturated rings. The van der Waals surface area contributed by atoms with Gasteiger partial charge in [0.15, 0.2) is 0 Å². The van der Waals surface area contributed by atoms with Crippen LogP contribution >= 0.6 is 11.6 Å². The van der Waals surface area contributed by atoms with Gasteiger partial charge < -0.3 is 15.2 Å². The summed E-state index contributed by atoms with van der Waals surface area (Å²) in [5.41, 5.74) is 11.0. The predicted molar refractivity (Wildman–Crippen MR) is 84.6 cm³/mol. The Morgan fingerprint density at radius 3 is 2.38 bits per heavy atom. The summed E-state index contributed by atoms with van der Waals surface area (Å²) in [5.74, 6) is 7.12. The molecule has 0 aromatic heterocycles. The minimum atomic E-state index is -0.340. The molecule has 0 bridgehead atoms. The van der Waals surface area contributed by atoms with Crippen LogP contribution in [-0.2, 0) is 0 Å². The van der Waals surface area contributed by atoms with Gasteiger partial charge in [0.05, 0.1) is 20.3 Å². The van der Waals surface area contributed by atoms with Crippen LogP contribution < -0.4 is 26.5 Å². The Kier molecular flexibility index (Phi) is 4.90. The summed E-state index contributed by atoms with van der Waals surface area (Å²) in [6, 6.07) is 10.5. The number of rotatable bonds is 5. The van der Waals surface area contributed by atoms with Crippen LogP contribution in [0.1, 0.15) is 17.2 Å². The second kappa shape index (κ2) is 6.67. The number of hydrogen-bond donors (Lipinski definition) is 3. The van der Waals surface area contributed by atoms with E-state index in [1.807, 2.05) is 24.3 Å². The molecule has 0 aliphatic heterocycles. The van der Waals surface area contributed by atoms with E-state index in [1.165, 1.54) is 0 Å². The van der Waals surface area contributed by atoms with Gasteiger partial charge >= 0.3 is 0 Å². The standard InChI is InChI=1S/C15H18ClN3O2/c1-20-10-4-6-14(21-2)12(8-10)15(19-18)11-5-3-9(16)7-13(11)17/h3-8,15,19H,17-18H2,1-2H3. The molecule has 5 nitrogen and oxygen atoms in total. The maximum Gasteiger partial charge on any atom is 0.124 e. The third kappa shape index (κ3) is 3.21. The van der Waals surface area contributed by atoms with Crippen LogP contribution in [0, 0.1) is 0 Å². The van der Waals surface area contributed by atoms with Gasteiger partial charge in [0.2, 0.25) is 0 Å². The van der Waals surface area contributed by atoms with Crippen LogP contribution in [0.2, 0.25) is 5.02 Å². The largest absolute Gasteiger partial charge is 0.497 e. The maximum absolute atomic E-state index is 6.05. The molecule has 112 valence electrons. The van der Waals surface area contributed by atoms with Gasteiger partial charge in [-0.25, -0.2) is 5.43 Å². The van der Waals surface area contributed by atoms with E-state index in [4.69, 9.17) is 32.7 Å². The molecule has 0 amide bonds. The minimum absolute atomic E-state index is 0.340. The zero-order valence-corrected chi connectivity index (χ0v) is 12.6. The smallest absolute Gasteiger partial charge is 0.124 e. The molecule has 0 saturated heterocycles. The summed E-state index contributed by atoms with van der Waals surface area (Å²) in [5, 5.41) is 0.574. The number of halogens is 1. The molecule has 2 aromatic carbocycles. The molecule has 6 heteroatoms. The summed E-state index contributed by atoms with van der Waals surface area (Å²) in [7, 11) is 3.21. The van der Waals surface area contributed by atoms with Crippen molar-refractivity contribution in [2.75, 3.05) is 20.0 Å². The van der Waals surface area contributed by atoms with Crippen LogP contribution in [0.25, 0.3) is 0 Å². The fraction of sp³-hybridized carbons (Fsp3) is 0.200. The topological polar surface area (TPSA) is 82.5 Å². The van der Waals surface area contributed by atoms with Crippen LogP contribution in [-0.4, -0.2) is 14.2 Å². The van der Waals surface area contributed by atoms with Crippen LogP contribution in [0.15, 0.2) is 36.4 Å². The fourth-order valence-electron chi connectivity index (χ4n) is 2.22. The zero-order chi connectivity index (χ0) is 15.4. The van der Waals surface area contributed by atoms with E-state index in [-0.39, 0.29) is 6.04 Å². The van der Waals surface area contributed by atoms with Gasteiger partial charge in [-0.2, -0.15) is 0 Å². The van der Waals surface area contributed by atoms with Gasteiger partial charge in [0.25, 0.3) is 0 Å². The van der Waals surface area contributed by atoms with Gasteiger partial charge in [0.1, 0.15) is 11.5 Å². The quantitative estimate of drug-likeness (QED) is 0.449. The highest BCUT2D eigenvalue weighted by atomic mass is 35.5. The number of methoxy groups -OCH3 is 2. The SMILES string of the molecule is COc1ccc(OC)c(C(NN)c2ccc(Cl)cc2N)c1. The predicted octanol–water partition coefficient (Wildman–Crippen LogP) is 2.49. The van der Waals surface area contributed by atoms with Crippen molar-refractivity contribution in [2.45, 2.75) is 6.04 Å². The van der Waals surface area contributed by atoms with E-state index >= 15 is 0 Å². The van der Waals surface area contributed by atoms with Crippen molar-refractivity contribution in [1.29, 1.82) is 0 Å². The first kappa shape index (κ1) is 15.4. The van der Waals surface area contributed by atoms with Crippen LogP contribution in [0.4, 0.5) is 5.69 Å². The van der Waals surface area contributed by atoms with Crippen molar-refractivity contribution in [3.8, 4) is 11.5 Å². The van der Waals surface area contributed by atoms with Gasteiger partial charge in [-0.05, 0) is 35.9 Å². The lowest BCUT2D eigenvalue weighted by molar-refractivity contribution is 0.394. The molecule has 0 spiro atoms. The van der Waals surface area contributed by atoms with Crippen molar-refractivity contribution in [1.82, 2.24) is 5.43 Å². The Morgan fingerprint density at radius 1 is 1.05 bits per heavy atom. The zero-order valence-electron chi connectivity index (χ0n) is 11.9. The minimum Gasteiger partial charge on any atom is -0.497 e. The average Bonchev–Trinajstić information content (AvgIpc) is 2.49. The molecule has 1 atom stereocenters. The number of hydrogen-bond acceptors (Lipinski definition) is 5. The summed E-state index contributed by atoms with van der Waals surface area (Å²) in [6.45, 7) is 0. The third-order valence-corrected chi connectivity index (χ3v) is 3.51. The van der Waals surface area contributed by atoms with Gasteiger partial charge in [-0.1, -0.05) is 17.7 Å². The summed E-state index contributed by atoms with van der Waals surface area (Å²) >= 11 is 5.94. The number of ether oxygens (including phenoxy) is 2. The van der Waals surface area contributed by atoms with Gasteiger partial charge in [-0.15, -0.1) is 0 Å². The highest BCUT2D eigenvalue weighted by molar-refractivity contribution is 6.30. The Balaban J connectivity index is 2.54. The summed E-state index contributed by atoms with van der Waals surface area (Å²) < 4.78 is 10.7. The van der Waals surface area contributed by atoms with E-state index in [0.29, 0.717) is 22.2 Å². The number of hydrazine groups is 1. The second-order valence-corrected chi connectivity index (χ2v) is 4.92. The molecule has 21 heavy (non-hydrogen) atoms. The Labute approximate surface area is 128 Å².